The highest BCUT2D eigenvalue weighted by molar-refractivity contribution is 5.94. The van der Waals surface area contributed by atoms with Crippen LogP contribution in [-0.4, -0.2) is 35.5 Å². The number of benzene rings is 1. The zero-order valence-corrected chi connectivity index (χ0v) is 13.5. The molecule has 0 saturated carbocycles. The molecule has 6 nitrogen and oxygen atoms in total. The molecule has 2 aromatic rings. The first-order valence-electron chi connectivity index (χ1n) is 7.57. The fourth-order valence-electron chi connectivity index (χ4n) is 2.07. The van der Waals surface area contributed by atoms with E-state index in [9.17, 15) is 13.6 Å². The Hall–Kier alpha value is -2.77. The van der Waals surface area contributed by atoms with Gasteiger partial charge in [-0.25, -0.2) is 13.8 Å². The van der Waals surface area contributed by atoms with Crippen LogP contribution in [0.4, 0.5) is 20.5 Å². The van der Waals surface area contributed by atoms with Crippen molar-refractivity contribution in [3.8, 4) is 0 Å². The third kappa shape index (κ3) is 4.61. The van der Waals surface area contributed by atoms with Crippen LogP contribution < -0.4 is 16.0 Å². The van der Waals surface area contributed by atoms with Gasteiger partial charge < -0.3 is 16.0 Å². The second-order valence-electron chi connectivity index (χ2n) is 5.03. The monoisotopic (exact) mass is 335 g/mol. The Labute approximate surface area is 138 Å². The minimum absolute atomic E-state index is 0.187. The molecule has 0 atom stereocenters. The minimum atomic E-state index is -0.887. The Balaban J connectivity index is 1.88. The largest absolute Gasteiger partial charge is 0.368 e. The molecule has 3 N–H and O–H groups in total. The van der Waals surface area contributed by atoms with E-state index in [-0.39, 0.29) is 6.54 Å². The maximum absolute atomic E-state index is 13.5. The van der Waals surface area contributed by atoms with E-state index in [1.165, 1.54) is 6.07 Å². The summed E-state index contributed by atoms with van der Waals surface area (Å²) in [5.74, 6) is -1.45. The van der Waals surface area contributed by atoms with Gasteiger partial charge in [-0.2, -0.15) is 4.98 Å². The van der Waals surface area contributed by atoms with Crippen molar-refractivity contribution in [1.29, 1.82) is 0 Å². The lowest BCUT2D eigenvalue weighted by atomic mass is 10.2. The number of anilines is 2. The molecule has 0 saturated heterocycles. The number of carbonyl (C=O) groups excluding carboxylic acids is 1. The molecule has 128 valence electrons. The van der Waals surface area contributed by atoms with Crippen LogP contribution in [0.3, 0.4) is 0 Å². The van der Waals surface area contributed by atoms with E-state index in [1.807, 2.05) is 13.8 Å². The Morgan fingerprint density at radius 2 is 1.83 bits per heavy atom. The fraction of sp³-hybridized carbons (Fsp3) is 0.312. The summed E-state index contributed by atoms with van der Waals surface area (Å²) in [6.07, 6.45) is 0. The van der Waals surface area contributed by atoms with Gasteiger partial charge in [0.1, 0.15) is 23.0 Å². The van der Waals surface area contributed by atoms with Crippen molar-refractivity contribution < 1.29 is 13.6 Å². The lowest BCUT2D eigenvalue weighted by Gasteiger charge is -2.10. The average Bonchev–Trinajstić information content (AvgIpc) is 2.51. The van der Waals surface area contributed by atoms with Crippen LogP contribution in [-0.2, 0) is 0 Å². The SMILES string of the molecule is CCNc1nc(C)cc(NCCNC(=O)c2c(F)cccc2F)n1. The lowest BCUT2D eigenvalue weighted by Crippen LogP contribution is -2.30. The molecule has 1 heterocycles. The number of carbonyl (C=O) groups is 1. The summed E-state index contributed by atoms with van der Waals surface area (Å²) >= 11 is 0. The molecule has 1 amide bonds. The number of halogens is 2. The quantitative estimate of drug-likeness (QED) is 0.677. The van der Waals surface area contributed by atoms with Gasteiger partial charge in [0.05, 0.1) is 0 Å². The number of amides is 1. The normalized spacial score (nSPS) is 10.3. The van der Waals surface area contributed by atoms with Crippen LogP contribution in [0.1, 0.15) is 23.0 Å². The second kappa shape index (κ2) is 8.19. The van der Waals surface area contributed by atoms with E-state index in [0.717, 1.165) is 17.8 Å². The molecule has 0 bridgehead atoms. The summed E-state index contributed by atoms with van der Waals surface area (Å²) in [5.41, 5.74) is 0.214. The van der Waals surface area contributed by atoms with Crippen molar-refractivity contribution in [2.75, 3.05) is 30.3 Å². The van der Waals surface area contributed by atoms with Crippen molar-refractivity contribution in [3.63, 3.8) is 0 Å². The van der Waals surface area contributed by atoms with Crippen LogP contribution in [0.2, 0.25) is 0 Å². The first-order chi connectivity index (χ1) is 11.5. The van der Waals surface area contributed by atoms with Gasteiger partial charge in [0.25, 0.3) is 5.91 Å². The molecule has 1 aromatic heterocycles. The molecular weight excluding hydrogens is 316 g/mol. The topological polar surface area (TPSA) is 78.9 Å². The number of aromatic nitrogens is 2. The van der Waals surface area contributed by atoms with Gasteiger partial charge in [-0.15, -0.1) is 0 Å². The summed E-state index contributed by atoms with van der Waals surface area (Å²) < 4.78 is 27.0. The highest BCUT2D eigenvalue weighted by Gasteiger charge is 2.16. The molecule has 0 radical (unpaired) electrons. The maximum Gasteiger partial charge on any atom is 0.257 e. The van der Waals surface area contributed by atoms with Crippen LogP contribution in [0, 0.1) is 18.6 Å². The molecule has 0 fully saturated rings. The zero-order chi connectivity index (χ0) is 17.5. The van der Waals surface area contributed by atoms with E-state index in [0.29, 0.717) is 24.9 Å². The Morgan fingerprint density at radius 3 is 2.50 bits per heavy atom. The number of nitrogens with zero attached hydrogens (tertiary/aromatic N) is 2. The summed E-state index contributed by atoms with van der Waals surface area (Å²) in [6, 6.07) is 5.06. The predicted octanol–water partition coefficient (Wildman–Crippen LogP) is 2.34. The van der Waals surface area contributed by atoms with Gasteiger partial charge in [-0.05, 0) is 26.0 Å². The van der Waals surface area contributed by atoms with Gasteiger partial charge in [0, 0.05) is 31.4 Å². The van der Waals surface area contributed by atoms with Crippen LogP contribution >= 0.6 is 0 Å². The summed E-state index contributed by atoms with van der Waals surface area (Å²) in [7, 11) is 0. The van der Waals surface area contributed by atoms with E-state index in [4.69, 9.17) is 0 Å². The van der Waals surface area contributed by atoms with Gasteiger partial charge in [0.2, 0.25) is 5.95 Å². The van der Waals surface area contributed by atoms with Crippen molar-refractivity contribution in [2.45, 2.75) is 13.8 Å². The highest BCUT2D eigenvalue weighted by Crippen LogP contribution is 2.12. The molecule has 0 aliphatic heterocycles. The standard InChI is InChI=1S/C16H19F2N5O/c1-3-19-16-22-10(2)9-13(23-16)20-7-8-21-15(24)14-11(17)5-4-6-12(14)18/h4-6,9H,3,7-8H2,1-2H3,(H,21,24)(H2,19,20,22,23). The van der Waals surface area contributed by atoms with Gasteiger partial charge in [0.15, 0.2) is 0 Å². The molecule has 0 aliphatic rings. The number of aryl methyl sites for hydroxylation is 1. The molecule has 24 heavy (non-hydrogen) atoms. The van der Waals surface area contributed by atoms with Crippen molar-refractivity contribution in [2.24, 2.45) is 0 Å². The predicted molar refractivity (Wildman–Crippen MR) is 88.1 cm³/mol. The average molecular weight is 335 g/mol. The molecular formula is C16H19F2N5O. The Bertz CT molecular complexity index is 703. The molecule has 0 aliphatic carbocycles. The Morgan fingerprint density at radius 1 is 1.12 bits per heavy atom. The second-order valence-corrected chi connectivity index (χ2v) is 5.03. The molecule has 2 rings (SSSR count). The highest BCUT2D eigenvalue weighted by atomic mass is 19.1. The Kier molecular flexibility index (Phi) is 6.00. The molecule has 8 heteroatoms. The van der Waals surface area contributed by atoms with Crippen LogP contribution in [0.5, 0.6) is 0 Å². The van der Waals surface area contributed by atoms with Crippen LogP contribution in [0.25, 0.3) is 0 Å². The minimum Gasteiger partial charge on any atom is -0.368 e. The van der Waals surface area contributed by atoms with Crippen molar-refractivity contribution in [3.05, 3.63) is 47.2 Å². The first kappa shape index (κ1) is 17.6. The van der Waals surface area contributed by atoms with E-state index < -0.39 is 23.1 Å². The van der Waals surface area contributed by atoms with Crippen LogP contribution in [0.15, 0.2) is 24.3 Å². The van der Waals surface area contributed by atoms with E-state index in [1.54, 1.807) is 6.07 Å². The van der Waals surface area contributed by atoms with Gasteiger partial charge >= 0.3 is 0 Å². The maximum atomic E-state index is 13.5. The number of hydrogen-bond acceptors (Lipinski definition) is 5. The first-order valence-corrected chi connectivity index (χ1v) is 7.57. The molecule has 0 unspecified atom stereocenters. The summed E-state index contributed by atoms with van der Waals surface area (Å²) in [5, 5.41) is 8.51. The van der Waals surface area contributed by atoms with Gasteiger partial charge in [-0.1, -0.05) is 6.07 Å². The third-order valence-corrected chi connectivity index (χ3v) is 3.10. The summed E-state index contributed by atoms with van der Waals surface area (Å²) in [4.78, 5) is 20.3. The third-order valence-electron chi connectivity index (χ3n) is 3.10. The van der Waals surface area contributed by atoms with E-state index in [2.05, 4.69) is 25.9 Å². The molecule has 1 aromatic carbocycles. The van der Waals surface area contributed by atoms with Crippen molar-refractivity contribution in [1.82, 2.24) is 15.3 Å². The van der Waals surface area contributed by atoms with Crippen molar-refractivity contribution >= 4 is 17.7 Å². The number of nitrogens with one attached hydrogen (secondary N) is 3. The number of rotatable bonds is 7. The van der Waals surface area contributed by atoms with E-state index >= 15 is 0 Å². The summed E-state index contributed by atoms with van der Waals surface area (Å²) in [6.45, 7) is 5.02. The zero-order valence-electron chi connectivity index (χ0n) is 13.5. The smallest absolute Gasteiger partial charge is 0.257 e. The van der Waals surface area contributed by atoms with Gasteiger partial charge in [-0.3, -0.25) is 4.79 Å². The number of hydrogen-bond donors (Lipinski definition) is 3. The fourth-order valence-corrected chi connectivity index (χ4v) is 2.07. The lowest BCUT2D eigenvalue weighted by molar-refractivity contribution is 0.0946. The molecule has 0 spiro atoms.